The number of nitro benzene ring substituents is 1. The van der Waals surface area contributed by atoms with E-state index in [-0.39, 0.29) is 28.8 Å². The number of aromatic nitrogens is 1. The first-order valence-electron chi connectivity index (χ1n) is 13.3. The minimum atomic E-state index is -0.863. The normalized spacial score (nSPS) is 18.9. The second-order valence-electron chi connectivity index (χ2n) is 10.2. The Kier molecular flexibility index (Phi) is 7.69. The van der Waals surface area contributed by atoms with Crippen molar-refractivity contribution in [2.45, 2.75) is 23.1 Å². The summed E-state index contributed by atoms with van der Waals surface area (Å²) in [6.45, 7) is 1.64. The highest BCUT2D eigenvalue weighted by Crippen LogP contribution is 2.53. The third-order valence-electron chi connectivity index (χ3n) is 7.35. The highest BCUT2D eigenvalue weighted by molar-refractivity contribution is 8.00. The number of non-ortho nitro benzene ring substituents is 1. The van der Waals surface area contributed by atoms with Crippen LogP contribution in [0, 0.1) is 23.0 Å². The van der Waals surface area contributed by atoms with Gasteiger partial charge >= 0.3 is 4.87 Å². The molecule has 1 fully saturated rings. The molecule has 0 bridgehead atoms. The van der Waals surface area contributed by atoms with Gasteiger partial charge in [0.25, 0.3) is 11.6 Å². The number of imide groups is 1. The van der Waals surface area contributed by atoms with Gasteiger partial charge in [0.2, 0.25) is 11.8 Å². The van der Waals surface area contributed by atoms with Crippen LogP contribution in [0.1, 0.15) is 21.9 Å². The summed E-state index contributed by atoms with van der Waals surface area (Å²) in [7, 11) is 1.44. The van der Waals surface area contributed by atoms with Gasteiger partial charge in [-0.3, -0.25) is 29.3 Å². The number of hydrogen-bond donors (Lipinski definition) is 2. The Labute approximate surface area is 258 Å². The van der Waals surface area contributed by atoms with Crippen LogP contribution in [0.3, 0.4) is 0 Å². The summed E-state index contributed by atoms with van der Waals surface area (Å²) < 4.78 is 11.3. The number of nitrogens with one attached hydrogen (secondary N) is 2. The van der Waals surface area contributed by atoms with Crippen molar-refractivity contribution >= 4 is 57.9 Å². The molecule has 14 heteroatoms. The number of ether oxygens (including phenoxy) is 2. The number of benzene rings is 3. The van der Waals surface area contributed by atoms with Crippen LogP contribution < -0.4 is 24.6 Å². The molecule has 2 aliphatic rings. The minimum absolute atomic E-state index is 0.167. The monoisotopic (exact) mass is 632 g/mol. The fourth-order valence-corrected chi connectivity index (χ4v) is 7.93. The van der Waals surface area contributed by atoms with Crippen molar-refractivity contribution in [2.24, 2.45) is 5.92 Å². The molecule has 1 saturated heterocycles. The Balaban J connectivity index is 1.29. The molecule has 2 aliphatic heterocycles. The molecular weight excluding hydrogens is 608 g/mol. The Bertz CT molecular complexity index is 1870. The first kappa shape index (κ1) is 29.1. The number of rotatable bonds is 8. The molecule has 44 heavy (non-hydrogen) atoms. The van der Waals surface area contributed by atoms with Crippen LogP contribution in [0.2, 0.25) is 0 Å². The van der Waals surface area contributed by atoms with Gasteiger partial charge in [-0.15, -0.1) is 0 Å². The zero-order chi connectivity index (χ0) is 31.1. The number of H-pyrrole nitrogens is 1. The van der Waals surface area contributed by atoms with E-state index >= 15 is 0 Å². The molecule has 4 aromatic rings. The molecule has 0 spiro atoms. The second-order valence-corrected chi connectivity index (χ2v) is 12.3. The topological polar surface area (TPSA) is 161 Å². The van der Waals surface area contributed by atoms with E-state index in [2.05, 4.69) is 10.3 Å². The summed E-state index contributed by atoms with van der Waals surface area (Å²) in [6.07, 6.45) is 0. The van der Waals surface area contributed by atoms with Gasteiger partial charge in [0.1, 0.15) is 5.25 Å². The van der Waals surface area contributed by atoms with Crippen LogP contribution in [-0.2, 0) is 14.4 Å². The average Bonchev–Trinajstić information content (AvgIpc) is 3.49. The third kappa shape index (κ3) is 5.33. The number of fused-ring (bicyclic) bond motifs is 2. The Hall–Kier alpha value is -4.95. The van der Waals surface area contributed by atoms with E-state index in [1.165, 1.54) is 31.4 Å². The minimum Gasteiger partial charge on any atom is -0.493 e. The van der Waals surface area contributed by atoms with Crippen LogP contribution in [0.4, 0.5) is 17.1 Å². The van der Waals surface area contributed by atoms with Gasteiger partial charge in [0, 0.05) is 28.6 Å². The summed E-state index contributed by atoms with van der Waals surface area (Å²) >= 11 is 2.09. The van der Waals surface area contributed by atoms with Crippen molar-refractivity contribution in [3.05, 3.63) is 103 Å². The molecule has 3 unspecified atom stereocenters. The molecule has 2 N–H and O–H groups in total. The zero-order valence-corrected chi connectivity index (χ0v) is 24.9. The molecule has 1 aromatic heterocycles. The van der Waals surface area contributed by atoms with Crippen LogP contribution in [0.15, 0.2) is 76.6 Å². The van der Waals surface area contributed by atoms with Crippen LogP contribution in [0.5, 0.6) is 11.5 Å². The molecule has 12 nitrogen and oxygen atoms in total. The number of carbonyl (C=O) groups excluding carboxylic acids is 3. The quantitative estimate of drug-likeness (QED) is 0.162. The summed E-state index contributed by atoms with van der Waals surface area (Å²) in [5.41, 5.74) is 2.31. The Morgan fingerprint density at radius 3 is 2.52 bits per heavy atom. The molecule has 224 valence electrons. The Morgan fingerprint density at radius 1 is 1.05 bits per heavy atom. The van der Waals surface area contributed by atoms with E-state index in [0.29, 0.717) is 32.7 Å². The van der Waals surface area contributed by atoms with E-state index in [1.54, 1.807) is 24.3 Å². The summed E-state index contributed by atoms with van der Waals surface area (Å²) in [4.78, 5) is 67.1. The molecule has 3 atom stereocenters. The standard InChI is InChI=1S/C30H24N4O8S2/c1-15-4-3-5-17(12-15)31-22(35)14-42-20-11-6-16(13-21(20)41-2)23-24-26(43-27-25(23)44-30(38)32-27)29(37)33(28(24)36)18-7-9-19(10-8-18)34(39)40/h3-13,23-24,26H,14H2,1-2H3,(H,31,35)(H,32,38). The van der Waals surface area contributed by atoms with Crippen molar-refractivity contribution in [1.82, 2.24) is 4.98 Å². The van der Waals surface area contributed by atoms with Crippen LogP contribution in [0.25, 0.3) is 0 Å². The number of carbonyl (C=O) groups is 3. The van der Waals surface area contributed by atoms with Crippen molar-refractivity contribution in [1.29, 1.82) is 0 Å². The number of thiazole rings is 1. The van der Waals surface area contributed by atoms with Gasteiger partial charge in [-0.05, 0) is 54.4 Å². The largest absolute Gasteiger partial charge is 0.493 e. The van der Waals surface area contributed by atoms with Gasteiger partial charge in [0.15, 0.2) is 18.1 Å². The molecule has 3 amide bonds. The van der Waals surface area contributed by atoms with E-state index in [1.807, 2.05) is 25.1 Å². The summed E-state index contributed by atoms with van der Waals surface area (Å²) in [5.74, 6) is -2.27. The smallest absolute Gasteiger partial charge is 0.305 e. The van der Waals surface area contributed by atoms with Gasteiger partial charge in [-0.2, -0.15) is 0 Å². The predicted octanol–water partition coefficient (Wildman–Crippen LogP) is 4.47. The number of aromatic amines is 1. The molecular formula is C30H24N4O8S2. The van der Waals surface area contributed by atoms with Gasteiger partial charge < -0.3 is 19.8 Å². The average molecular weight is 633 g/mol. The number of hydrogen-bond acceptors (Lipinski definition) is 10. The SMILES string of the molecule is COc1cc(C2c3sc(=O)[nH]c3SC3C(=O)N(c4ccc([N+](=O)[O-])cc4)C(=O)C32)ccc1OCC(=O)Nc1cccc(C)c1. The first-order valence-corrected chi connectivity index (χ1v) is 15.0. The lowest BCUT2D eigenvalue weighted by molar-refractivity contribution is -0.384. The number of nitrogens with zero attached hydrogens (tertiary/aromatic N) is 2. The number of methoxy groups -OCH3 is 1. The molecule has 0 radical (unpaired) electrons. The third-order valence-corrected chi connectivity index (χ3v) is 9.75. The van der Waals surface area contributed by atoms with E-state index < -0.39 is 33.8 Å². The van der Waals surface area contributed by atoms with Crippen molar-refractivity contribution < 1.29 is 28.8 Å². The lowest BCUT2D eigenvalue weighted by Gasteiger charge is -2.30. The number of amides is 3. The first-order chi connectivity index (χ1) is 21.1. The van der Waals surface area contributed by atoms with E-state index in [9.17, 15) is 29.3 Å². The van der Waals surface area contributed by atoms with Crippen LogP contribution in [-0.4, -0.2) is 46.6 Å². The summed E-state index contributed by atoms with van der Waals surface area (Å²) in [6, 6.07) is 17.6. The molecule has 3 aromatic carbocycles. The number of aryl methyl sites for hydroxylation is 1. The molecule has 0 saturated carbocycles. The molecule has 3 heterocycles. The van der Waals surface area contributed by atoms with E-state index in [0.717, 1.165) is 33.6 Å². The highest BCUT2D eigenvalue weighted by atomic mass is 32.2. The maximum absolute atomic E-state index is 13.9. The zero-order valence-electron chi connectivity index (χ0n) is 23.3. The van der Waals surface area contributed by atoms with Gasteiger partial charge in [-0.1, -0.05) is 41.3 Å². The fourth-order valence-electron chi connectivity index (χ4n) is 5.41. The van der Waals surface area contributed by atoms with E-state index in [4.69, 9.17) is 9.47 Å². The number of thioether (sulfide) groups is 1. The van der Waals surface area contributed by atoms with Gasteiger partial charge in [-0.25, -0.2) is 4.90 Å². The van der Waals surface area contributed by atoms with Gasteiger partial charge in [0.05, 0.1) is 28.7 Å². The fraction of sp³-hybridized carbons (Fsp3) is 0.200. The second kappa shape index (κ2) is 11.6. The van der Waals surface area contributed by atoms with Crippen molar-refractivity contribution in [3.63, 3.8) is 0 Å². The lowest BCUT2D eigenvalue weighted by Crippen LogP contribution is -2.32. The highest BCUT2D eigenvalue weighted by Gasteiger charge is 2.56. The predicted molar refractivity (Wildman–Crippen MR) is 164 cm³/mol. The lowest BCUT2D eigenvalue weighted by atomic mass is 9.83. The summed E-state index contributed by atoms with van der Waals surface area (Å²) in [5, 5.41) is 13.6. The molecule has 6 rings (SSSR count). The number of anilines is 2. The van der Waals surface area contributed by atoms with Crippen molar-refractivity contribution in [2.75, 3.05) is 23.9 Å². The maximum Gasteiger partial charge on any atom is 0.305 e. The van der Waals surface area contributed by atoms with Crippen LogP contribution >= 0.6 is 23.1 Å². The van der Waals surface area contributed by atoms with Crippen molar-refractivity contribution in [3.8, 4) is 11.5 Å². The maximum atomic E-state index is 13.9. The Morgan fingerprint density at radius 2 is 1.82 bits per heavy atom. The molecule has 0 aliphatic carbocycles. The number of nitro groups is 1.